The lowest BCUT2D eigenvalue weighted by Crippen LogP contribution is -2.56. The van der Waals surface area contributed by atoms with Crippen LogP contribution in [0.3, 0.4) is 0 Å². The van der Waals surface area contributed by atoms with Gasteiger partial charge in [0.2, 0.25) is 0 Å². The van der Waals surface area contributed by atoms with Crippen molar-refractivity contribution in [3.05, 3.63) is 0 Å². The van der Waals surface area contributed by atoms with Crippen molar-refractivity contribution >= 4 is 16.9 Å². The van der Waals surface area contributed by atoms with Crippen molar-refractivity contribution in [2.45, 2.75) is 44.0 Å². The van der Waals surface area contributed by atoms with Crippen LogP contribution in [0.15, 0.2) is 0 Å². The van der Waals surface area contributed by atoms with E-state index in [0.717, 1.165) is 6.92 Å². The van der Waals surface area contributed by atoms with E-state index in [4.69, 9.17) is 0 Å². The Kier molecular flexibility index (Phi) is 6.10. The number of thioether (sulfide) groups is 1. The number of rotatable bonds is 6. The Balaban J connectivity index is 4.60. The number of hydrogen-bond acceptors (Lipinski definition) is 2. The summed E-state index contributed by atoms with van der Waals surface area (Å²) >= 11 is 0.637. The van der Waals surface area contributed by atoms with Crippen molar-refractivity contribution in [2.75, 3.05) is 5.75 Å². The maximum Gasteiger partial charge on any atom is 0.459 e. The molecule has 0 N–H and O–H groups in total. The molecule has 0 heterocycles. The van der Waals surface area contributed by atoms with Gasteiger partial charge in [-0.15, -0.1) is 0 Å². The number of halogens is 8. The maximum atomic E-state index is 12.9. The zero-order chi connectivity index (χ0) is 15.5. The number of hydrogen-bond donors (Lipinski definition) is 0. The van der Waals surface area contributed by atoms with Crippen molar-refractivity contribution in [1.29, 1.82) is 0 Å². The number of carbonyl (C=O) groups is 1. The predicted octanol–water partition coefficient (Wildman–Crippen LogP) is 4.22. The van der Waals surface area contributed by atoms with Gasteiger partial charge in [0.05, 0.1) is 0 Å². The summed E-state index contributed by atoms with van der Waals surface area (Å²) in [5, 5.41) is -0.400. The molecule has 0 aromatic heterocycles. The molecule has 0 aromatic carbocycles. The SMILES string of the molecule is CC(=O)SCCCC(F)C(F)(F)C(F)(F)C(F)(F)F. The van der Waals surface area contributed by atoms with E-state index in [0.29, 0.717) is 11.8 Å². The van der Waals surface area contributed by atoms with E-state index in [9.17, 15) is 39.9 Å². The van der Waals surface area contributed by atoms with Crippen LogP contribution in [0.1, 0.15) is 19.8 Å². The molecule has 0 aliphatic rings. The Labute approximate surface area is 107 Å². The van der Waals surface area contributed by atoms with Gasteiger partial charge in [-0.1, -0.05) is 11.8 Å². The first kappa shape index (κ1) is 18.5. The molecular formula is C9H10F8OS. The Morgan fingerprint density at radius 1 is 1.11 bits per heavy atom. The van der Waals surface area contributed by atoms with E-state index < -0.39 is 42.1 Å². The van der Waals surface area contributed by atoms with Crippen LogP contribution in [0.4, 0.5) is 35.1 Å². The highest BCUT2D eigenvalue weighted by Gasteiger charge is 2.75. The lowest BCUT2D eigenvalue weighted by Gasteiger charge is -2.30. The van der Waals surface area contributed by atoms with Gasteiger partial charge < -0.3 is 0 Å². The minimum atomic E-state index is -6.53. The van der Waals surface area contributed by atoms with Gasteiger partial charge in [-0.05, 0) is 12.8 Å². The first-order valence-corrected chi connectivity index (χ1v) is 5.92. The van der Waals surface area contributed by atoms with E-state index in [1.807, 2.05) is 0 Å². The van der Waals surface area contributed by atoms with Gasteiger partial charge in [0.15, 0.2) is 11.3 Å². The fourth-order valence-corrected chi connectivity index (χ4v) is 1.64. The third-order valence-corrected chi connectivity index (χ3v) is 2.97. The van der Waals surface area contributed by atoms with Gasteiger partial charge in [0.25, 0.3) is 0 Å². The molecule has 19 heavy (non-hydrogen) atoms. The number of alkyl halides is 8. The Bertz CT molecular complexity index is 314. The van der Waals surface area contributed by atoms with Crippen molar-refractivity contribution in [3.8, 4) is 0 Å². The monoisotopic (exact) mass is 318 g/mol. The standard InChI is InChI=1S/C9H10F8OS/c1-5(18)19-4-2-3-6(10)7(11,12)8(13,14)9(15,16)17/h6H,2-4H2,1H3. The number of carbonyl (C=O) groups excluding carboxylic acids is 1. The summed E-state index contributed by atoms with van der Waals surface area (Å²) in [6.45, 7) is 1.14. The quantitative estimate of drug-likeness (QED) is 0.539. The molecule has 0 amide bonds. The van der Waals surface area contributed by atoms with Gasteiger partial charge in [-0.25, -0.2) is 4.39 Å². The van der Waals surface area contributed by atoms with Gasteiger partial charge >= 0.3 is 18.0 Å². The largest absolute Gasteiger partial charge is 0.459 e. The lowest BCUT2D eigenvalue weighted by molar-refractivity contribution is -0.366. The van der Waals surface area contributed by atoms with Crippen LogP contribution in [0.5, 0.6) is 0 Å². The van der Waals surface area contributed by atoms with Crippen molar-refractivity contribution < 1.29 is 39.9 Å². The van der Waals surface area contributed by atoms with E-state index in [-0.39, 0.29) is 5.75 Å². The molecule has 0 saturated heterocycles. The lowest BCUT2D eigenvalue weighted by atomic mass is 10.0. The highest BCUT2D eigenvalue weighted by atomic mass is 32.2. The van der Waals surface area contributed by atoms with Crippen molar-refractivity contribution in [3.63, 3.8) is 0 Å². The molecule has 0 spiro atoms. The van der Waals surface area contributed by atoms with E-state index >= 15 is 0 Å². The fraction of sp³-hybridized carbons (Fsp3) is 0.889. The molecule has 0 bridgehead atoms. The van der Waals surface area contributed by atoms with Crippen molar-refractivity contribution in [1.82, 2.24) is 0 Å². The molecule has 1 atom stereocenters. The molecule has 0 saturated carbocycles. The molecule has 1 nitrogen and oxygen atoms in total. The molecule has 0 fully saturated rings. The summed E-state index contributed by atoms with van der Waals surface area (Å²) in [7, 11) is 0. The highest BCUT2D eigenvalue weighted by molar-refractivity contribution is 8.13. The summed E-state index contributed by atoms with van der Waals surface area (Å²) in [5.74, 6) is -12.4. The Morgan fingerprint density at radius 3 is 1.95 bits per heavy atom. The third kappa shape index (κ3) is 4.50. The highest BCUT2D eigenvalue weighted by Crippen LogP contribution is 2.49. The van der Waals surface area contributed by atoms with Crippen LogP contribution in [-0.4, -0.2) is 35.1 Å². The van der Waals surface area contributed by atoms with Crippen LogP contribution in [0.25, 0.3) is 0 Å². The summed E-state index contributed by atoms with van der Waals surface area (Å²) < 4.78 is 98.5. The summed E-state index contributed by atoms with van der Waals surface area (Å²) in [6, 6.07) is 0. The summed E-state index contributed by atoms with van der Waals surface area (Å²) in [5.41, 5.74) is 0. The molecule has 1 unspecified atom stereocenters. The zero-order valence-electron chi connectivity index (χ0n) is 9.54. The van der Waals surface area contributed by atoms with Crippen LogP contribution < -0.4 is 0 Å². The smallest absolute Gasteiger partial charge is 0.288 e. The van der Waals surface area contributed by atoms with E-state index in [1.54, 1.807) is 0 Å². The predicted molar refractivity (Wildman–Crippen MR) is 53.2 cm³/mol. The molecule has 0 radical (unpaired) electrons. The first-order valence-electron chi connectivity index (χ1n) is 4.93. The molecule has 0 aliphatic heterocycles. The minimum absolute atomic E-state index is 0.135. The molecule has 0 aromatic rings. The van der Waals surface area contributed by atoms with E-state index in [2.05, 4.69) is 0 Å². The molecule has 0 rings (SSSR count). The second-order valence-corrected chi connectivity index (χ2v) is 4.92. The zero-order valence-corrected chi connectivity index (χ0v) is 10.4. The topological polar surface area (TPSA) is 17.1 Å². The normalized spacial score (nSPS) is 15.4. The molecular weight excluding hydrogens is 308 g/mol. The van der Waals surface area contributed by atoms with Crippen LogP contribution in [0, 0.1) is 0 Å². The average molecular weight is 318 g/mol. The molecule has 114 valence electrons. The van der Waals surface area contributed by atoms with Crippen LogP contribution in [0.2, 0.25) is 0 Å². The summed E-state index contributed by atoms with van der Waals surface area (Å²) in [6.07, 6.45) is -11.8. The van der Waals surface area contributed by atoms with E-state index in [1.165, 1.54) is 0 Å². The second-order valence-electron chi connectivity index (χ2n) is 3.64. The second kappa shape index (κ2) is 6.27. The average Bonchev–Trinajstić information content (AvgIpc) is 2.21. The Hall–Kier alpha value is -0.540. The van der Waals surface area contributed by atoms with Crippen LogP contribution in [-0.2, 0) is 4.79 Å². The van der Waals surface area contributed by atoms with Crippen molar-refractivity contribution in [2.24, 2.45) is 0 Å². The fourth-order valence-electron chi connectivity index (χ4n) is 1.05. The van der Waals surface area contributed by atoms with Gasteiger partial charge in [0, 0.05) is 12.7 Å². The minimum Gasteiger partial charge on any atom is -0.288 e. The van der Waals surface area contributed by atoms with Gasteiger partial charge in [-0.3, -0.25) is 4.79 Å². The van der Waals surface area contributed by atoms with Crippen LogP contribution >= 0.6 is 11.8 Å². The molecule has 0 aliphatic carbocycles. The summed E-state index contributed by atoms with van der Waals surface area (Å²) in [4.78, 5) is 10.4. The molecule has 10 heteroatoms. The Morgan fingerprint density at radius 2 is 1.58 bits per heavy atom. The van der Waals surface area contributed by atoms with Gasteiger partial charge in [0.1, 0.15) is 0 Å². The first-order chi connectivity index (χ1) is 8.34. The third-order valence-electron chi connectivity index (χ3n) is 2.08. The maximum absolute atomic E-state index is 12.9. The van der Waals surface area contributed by atoms with Gasteiger partial charge in [-0.2, -0.15) is 30.7 Å².